The Balaban J connectivity index is 1.78. The summed E-state index contributed by atoms with van der Waals surface area (Å²) >= 11 is 0. The highest BCUT2D eigenvalue weighted by molar-refractivity contribution is 7.91. The number of sulfone groups is 1. The minimum absolute atomic E-state index is 0.0734. The fourth-order valence-electron chi connectivity index (χ4n) is 3.62. The largest absolute Gasteiger partial charge is 0.358 e. The fourth-order valence-corrected chi connectivity index (χ4v) is 5.46. The van der Waals surface area contributed by atoms with Crippen molar-refractivity contribution in [3.05, 3.63) is 65.4 Å². The van der Waals surface area contributed by atoms with Gasteiger partial charge in [0.15, 0.2) is 9.84 Å². The van der Waals surface area contributed by atoms with Gasteiger partial charge in [0.05, 0.1) is 22.3 Å². The van der Waals surface area contributed by atoms with Crippen LogP contribution < -0.4 is 0 Å². The van der Waals surface area contributed by atoms with Gasteiger partial charge in [0.1, 0.15) is 0 Å². The van der Waals surface area contributed by atoms with Crippen LogP contribution in [0.2, 0.25) is 0 Å². The number of hydrogen-bond acceptors (Lipinski definition) is 3. The highest BCUT2D eigenvalue weighted by Crippen LogP contribution is 2.37. The number of nitrogens with zero attached hydrogens (tertiary/aromatic N) is 1. The maximum absolute atomic E-state index is 13.2. The SMILES string of the molecule is Cc1[nH]c2ccccc2c1C(=O)N(C)C1CS(=O)(=O)c2ccccc21. The molecule has 1 aliphatic rings. The first-order valence-corrected chi connectivity index (χ1v) is 9.71. The molecule has 4 rings (SSSR count). The van der Waals surface area contributed by atoms with Crippen LogP contribution in [0, 0.1) is 6.92 Å². The third-order valence-corrected chi connectivity index (χ3v) is 6.68. The molecule has 0 saturated carbocycles. The Morgan fingerprint density at radius 2 is 1.80 bits per heavy atom. The van der Waals surface area contributed by atoms with Crippen molar-refractivity contribution in [1.29, 1.82) is 0 Å². The maximum Gasteiger partial charge on any atom is 0.256 e. The smallest absolute Gasteiger partial charge is 0.256 e. The molecule has 128 valence electrons. The number of rotatable bonds is 2. The number of carbonyl (C=O) groups is 1. The van der Waals surface area contributed by atoms with Gasteiger partial charge in [-0.1, -0.05) is 36.4 Å². The van der Waals surface area contributed by atoms with Crippen LogP contribution in [0.1, 0.15) is 27.7 Å². The predicted octanol–water partition coefficient (Wildman–Crippen LogP) is 3.08. The predicted molar refractivity (Wildman–Crippen MR) is 96.4 cm³/mol. The van der Waals surface area contributed by atoms with Crippen molar-refractivity contribution in [2.45, 2.75) is 17.9 Å². The average Bonchev–Trinajstić information content (AvgIpc) is 3.07. The van der Waals surface area contributed by atoms with Crippen molar-refractivity contribution >= 4 is 26.6 Å². The zero-order chi connectivity index (χ0) is 17.8. The van der Waals surface area contributed by atoms with Crippen molar-refractivity contribution in [2.75, 3.05) is 12.8 Å². The van der Waals surface area contributed by atoms with Gasteiger partial charge in [0, 0.05) is 23.6 Å². The number of nitrogens with one attached hydrogen (secondary N) is 1. The monoisotopic (exact) mass is 354 g/mol. The van der Waals surface area contributed by atoms with Crippen molar-refractivity contribution in [3.8, 4) is 0 Å². The molecule has 0 radical (unpaired) electrons. The maximum atomic E-state index is 13.2. The molecule has 0 fully saturated rings. The van der Waals surface area contributed by atoms with Gasteiger partial charge in [-0.15, -0.1) is 0 Å². The molecular formula is C19H18N2O3S. The molecule has 0 aliphatic carbocycles. The van der Waals surface area contributed by atoms with E-state index >= 15 is 0 Å². The van der Waals surface area contributed by atoms with Gasteiger partial charge in [-0.25, -0.2) is 8.42 Å². The molecule has 1 N–H and O–H groups in total. The van der Waals surface area contributed by atoms with Crippen LogP contribution in [0.15, 0.2) is 53.4 Å². The number of carbonyl (C=O) groups excluding carboxylic acids is 1. The molecule has 6 heteroatoms. The summed E-state index contributed by atoms with van der Waals surface area (Å²) < 4.78 is 24.8. The first-order valence-electron chi connectivity index (χ1n) is 8.06. The molecule has 1 aliphatic heterocycles. The molecule has 0 spiro atoms. The number of aryl methyl sites for hydroxylation is 1. The van der Waals surface area contributed by atoms with Gasteiger partial charge in [-0.3, -0.25) is 4.79 Å². The summed E-state index contributed by atoms with van der Waals surface area (Å²) in [6.45, 7) is 1.86. The first-order chi connectivity index (χ1) is 11.9. The normalized spacial score (nSPS) is 18.2. The second-order valence-corrected chi connectivity index (χ2v) is 8.42. The molecule has 0 bridgehead atoms. The highest BCUT2D eigenvalue weighted by atomic mass is 32.2. The van der Waals surface area contributed by atoms with E-state index in [1.165, 1.54) is 0 Å². The number of aromatic nitrogens is 1. The van der Waals surface area contributed by atoms with E-state index in [0.717, 1.165) is 16.6 Å². The van der Waals surface area contributed by atoms with E-state index in [0.29, 0.717) is 16.0 Å². The molecule has 3 aromatic rings. The zero-order valence-electron chi connectivity index (χ0n) is 14.0. The number of benzene rings is 2. The second-order valence-electron chi connectivity index (χ2n) is 6.42. The topological polar surface area (TPSA) is 70.2 Å². The summed E-state index contributed by atoms with van der Waals surface area (Å²) in [4.78, 5) is 18.3. The number of hydrogen-bond donors (Lipinski definition) is 1. The van der Waals surface area contributed by atoms with E-state index in [9.17, 15) is 13.2 Å². The van der Waals surface area contributed by atoms with Crippen LogP contribution in [0.5, 0.6) is 0 Å². The Hall–Kier alpha value is -2.60. The molecule has 1 amide bonds. The van der Waals surface area contributed by atoms with Crippen LogP contribution >= 0.6 is 0 Å². The fraction of sp³-hybridized carbons (Fsp3) is 0.211. The lowest BCUT2D eigenvalue weighted by Gasteiger charge is -2.24. The molecule has 2 aromatic carbocycles. The number of H-pyrrole nitrogens is 1. The lowest BCUT2D eigenvalue weighted by Crippen LogP contribution is -2.32. The lowest BCUT2D eigenvalue weighted by atomic mass is 10.1. The van der Waals surface area contributed by atoms with E-state index < -0.39 is 15.9 Å². The number of aromatic amines is 1. The summed E-state index contributed by atoms with van der Waals surface area (Å²) in [7, 11) is -1.68. The van der Waals surface area contributed by atoms with Crippen molar-refractivity contribution in [2.24, 2.45) is 0 Å². The third kappa shape index (κ3) is 2.36. The van der Waals surface area contributed by atoms with Crippen molar-refractivity contribution in [3.63, 3.8) is 0 Å². The molecule has 2 heterocycles. The van der Waals surface area contributed by atoms with Gasteiger partial charge in [0.2, 0.25) is 0 Å². The Labute approximate surface area is 146 Å². The van der Waals surface area contributed by atoms with E-state index in [-0.39, 0.29) is 11.7 Å². The van der Waals surface area contributed by atoms with Gasteiger partial charge >= 0.3 is 0 Å². The second kappa shape index (κ2) is 5.46. The van der Waals surface area contributed by atoms with Crippen LogP contribution in [-0.2, 0) is 9.84 Å². The number of amides is 1. The van der Waals surface area contributed by atoms with Gasteiger partial charge in [-0.05, 0) is 24.6 Å². The number of fused-ring (bicyclic) bond motifs is 2. The van der Waals surface area contributed by atoms with Crippen LogP contribution in [0.4, 0.5) is 0 Å². The number of para-hydroxylation sites is 1. The summed E-state index contributed by atoms with van der Waals surface area (Å²) in [6, 6.07) is 14.1. The lowest BCUT2D eigenvalue weighted by molar-refractivity contribution is 0.0747. The summed E-state index contributed by atoms with van der Waals surface area (Å²) in [5, 5.41) is 0.853. The van der Waals surface area contributed by atoms with E-state index in [1.54, 1.807) is 30.1 Å². The standard InChI is InChI=1S/C19H18N2O3S/c1-12-18(13-7-3-5-9-15(13)20-12)19(22)21(2)16-11-25(23,24)17-10-6-4-8-14(16)17/h3-10,16,20H,11H2,1-2H3. The third-order valence-electron chi connectivity index (χ3n) is 4.89. The zero-order valence-corrected chi connectivity index (χ0v) is 14.8. The molecule has 25 heavy (non-hydrogen) atoms. The van der Waals surface area contributed by atoms with E-state index in [1.807, 2.05) is 37.3 Å². The van der Waals surface area contributed by atoms with Gasteiger partial charge in [0.25, 0.3) is 5.91 Å². The Bertz CT molecular complexity index is 1100. The molecule has 1 unspecified atom stereocenters. The van der Waals surface area contributed by atoms with E-state index in [2.05, 4.69) is 4.98 Å². The summed E-state index contributed by atoms with van der Waals surface area (Å²) in [5.74, 6) is -0.248. The average molecular weight is 354 g/mol. The Morgan fingerprint density at radius 3 is 2.60 bits per heavy atom. The minimum Gasteiger partial charge on any atom is -0.358 e. The van der Waals surface area contributed by atoms with Crippen molar-refractivity contribution in [1.82, 2.24) is 9.88 Å². The van der Waals surface area contributed by atoms with Crippen LogP contribution in [-0.4, -0.2) is 37.0 Å². The van der Waals surface area contributed by atoms with Crippen LogP contribution in [0.3, 0.4) is 0 Å². The highest BCUT2D eigenvalue weighted by Gasteiger charge is 2.39. The molecule has 1 atom stereocenters. The molecule has 5 nitrogen and oxygen atoms in total. The quantitative estimate of drug-likeness (QED) is 0.769. The summed E-state index contributed by atoms with van der Waals surface area (Å²) in [5.41, 5.74) is 2.97. The van der Waals surface area contributed by atoms with Gasteiger partial charge in [-0.2, -0.15) is 0 Å². The van der Waals surface area contributed by atoms with E-state index in [4.69, 9.17) is 0 Å². The molecule has 1 aromatic heterocycles. The molecular weight excluding hydrogens is 336 g/mol. The summed E-state index contributed by atoms with van der Waals surface area (Å²) in [6.07, 6.45) is 0. The first kappa shape index (κ1) is 15.9. The van der Waals surface area contributed by atoms with Gasteiger partial charge < -0.3 is 9.88 Å². The van der Waals surface area contributed by atoms with Crippen LogP contribution in [0.25, 0.3) is 10.9 Å². The Kier molecular flexibility index (Phi) is 3.47. The molecule has 0 saturated heterocycles. The van der Waals surface area contributed by atoms with Crippen molar-refractivity contribution < 1.29 is 13.2 Å². The minimum atomic E-state index is -3.36. The Morgan fingerprint density at radius 1 is 1.12 bits per heavy atom.